The van der Waals surface area contributed by atoms with E-state index in [-0.39, 0.29) is 5.91 Å². The second kappa shape index (κ2) is 10.9. The average Bonchev–Trinajstić information content (AvgIpc) is 3.05. The lowest BCUT2D eigenvalue weighted by atomic mass is 9.97. The second-order valence-corrected chi connectivity index (χ2v) is 8.05. The van der Waals surface area contributed by atoms with Crippen molar-refractivity contribution in [2.45, 2.75) is 65.8 Å². The Morgan fingerprint density at radius 1 is 0.935 bits per heavy atom. The van der Waals surface area contributed by atoms with Gasteiger partial charge >= 0.3 is 0 Å². The molecule has 0 saturated heterocycles. The van der Waals surface area contributed by atoms with Gasteiger partial charge in [-0.2, -0.15) is 0 Å². The van der Waals surface area contributed by atoms with Crippen molar-refractivity contribution >= 4 is 5.91 Å². The molecule has 2 N–H and O–H groups in total. The smallest absolute Gasteiger partial charge is 0.251 e. The van der Waals surface area contributed by atoms with Gasteiger partial charge in [-0.3, -0.25) is 4.79 Å². The number of nitrogens with zero attached hydrogens (tertiary/aromatic N) is 1. The van der Waals surface area contributed by atoms with Crippen LogP contribution in [-0.2, 0) is 13.0 Å². The van der Waals surface area contributed by atoms with Crippen LogP contribution in [0.4, 0.5) is 0 Å². The Morgan fingerprint density at radius 3 is 2.32 bits per heavy atom. The number of ether oxygens (including phenoxy) is 1. The molecule has 0 radical (unpaired) electrons. The highest BCUT2D eigenvalue weighted by Gasteiger charge is 2.24. The highest BCUT2D eigenvalue weighted by Crippen LogP contribution is 2.36. The van der Waals surface area contributed by atoms with Gasteiger partial charge in [0.1, 0.15) is 11.5 Å². The summed E-state index contributed by atoms with van der Waals surface area (Å²) in [7, 11) is 0. The van der Waals surface area contributed by atoms with E-state index in [1.807, 2.05) is 61.5 Å². The standard InChI is InChI=1S/C27H34N2O2/c1-4-6-9-17-24-26(25(27(28)30)20(3)29(24)18-7-5-2)21-13-12-16-23(19-21)31-22-14-10-8-11-15-22/h8,10-16,19H,4-7,9,17-18H2,1-3H3,(H2,28,30). The van der Waals surface area contributed by atoms with E-state index >= 15 is 0 Å². The van der Waals surface area contributed by atoms with Gasteiger partial charge in [0.05, 0.1) is 5.56 Å². The summed E-state index contributed by atoms with van der Waals surface area (Å²) < 4.78 is 8.38. The van der Waals surface area contributed by atoms with Crippen LogP contribution in [0.5, 0.6) is 11.5 Å². The second-order valence-electron chi connectivity index (χ2n) is 8.05. The number of para-hydroxylation sites is 1. The predicted molar refractivity (Wildman–Crippen MR) is 128 cm³/mol. The summed E-state index contributed by atoms with van der Waals surface area (Å²) in [6.45, 7) is 7.33. The van der Waals surface area contributed by atoms with Gasteiger partial charge in [-0.05, 0) is 56.0 Å². The molecule has 0 aliphatic heterocycles. The summed E-state index contributed by atoms with van der Waals surface area (Å²) in [6.07, 6.45) is 6.54. The first-order chi connectivity index (χ1) is 15.1. The summed E-state index contributed by atoms with van der Waals surface area (Å²) >= 11 is 0. The van der Waals surface area contributed by atoms with Crippen LogP contribution in [-0.4, -0.2) is 10.5 Å². The van der Waals surface area contributed by atoms with Gasteiger partial charge < -0.3 is 15.0 Å². The Balaban J connectivity index is 2.09. The number of rotatable bonds is 11. The van der Waals surface area contributed by atoms with Crippen LogP contribution in [0.3, 0.4) is 0 Å². The van der Waals surface area contributed by atoms with E-state index in [0.29, 0.717) is 5.56 Å². The lowest BCUT2D eigenvalue weighted by Crippen LogP contribution is -2.13. The summed E-state index contributed by atoms with van der Waals surface area (Å²) in [4.78, 5) is 12.5. The maximum absolute atomic E-state index is 12.5. The molecule has 3 rings (SSSR count). The van der Waals surface area contributed by atoms with Gasteiger partial charge in [-0.1, -0.05) is 63.4 Å². The number of hydrogen-bond donors (Lipinski definition) is 1. The highest BCUT2D eigenvalue weighted by atomic mass is 16.5. The topological polar surface area (TPSA) is 57.2 Å². The SMILES string of the molecule is CCCCCc1c(-c2cccc(Oc3ccccc3)c2)c(C(N)=O)c(C)n1CCCC. The van der Waals surface area contributed by atoms with E-state index in [9.17, 15) is 4.79 Å². The highest BCUT2D eigenvalue weighted by molar-refractivity contribution is 6.02. The maximum atomic E-state index is 12.5. The largest absolute Gasteiger partial charge is 0.457 e. The molecule has 4 nitrogen and oxygen atoms in total. The van der Waals surface area contributed by atoms with Crippen molar-refractivity contribution in [3.8, 4) is 22.6 Å². The molecule has 1 heterocycles. The molecule has 4 heteroatoms. The molecule has 31 heavy (non-hydrogen) atoms. The fourth-order valence-electron chi connectivity index (χ4n) is 4.17. The van der Waals surface area contributed by atoms with Gasteiger partial charge in [0.15, 0.2) is 0 Å². The summed E-state index contributed by atoms with van der Waals surface area (Å²) in [5, 5.41) is 0. The molecule has 3 aromatic rings. The number of benzene rings is 2. The quantitative estimate of drug-likeness (QED) is 0.345. The summed E-state index contributed by atoms with van der Waals surface area (Å²) in [5.74, 6) is 1.17. The van der Waals surface area contributed by atoms with Crippen molar-refractivity contribution < 1.29 is 9.53 Å². The molecule has 0 atom stereocenters. The van der Waals surface area contributed by atoms with Gasteiger partial charge in [0.25, 0.3) is 5.91 Å². The number of unbranched alkanes of at least 4 members (excludes halogenated alkanes) is 3. The third-order valence-corrected chi connectivity index (χ3v) is 5.73. The molecule has 1 amide bonds. The lowest BCUT2D eigenvalue weighted by molar-refractivity contribution is 0.1000. The molecule has 0 bridgehead atoms. The van der Waals surface area contributed by atoms with Crippen LogP contribution in [0.2, 0.25) is 0 Å². The molecule has 0 fully saturated rings. The molecule has 0 aliphatic carbocycles. The Hall–Kier alpha value is -3.01. The normalized spacial score (nSPS) is 10.9. The molecule has 1 aromatic heterocycles. The number of amides is 1. The molecular formula is C27H34N2O2. The molecule has 164 valence electrons. The third-order valence-electron chi connectivity index (χ3n) is 5.73. The molecule has 2 aromatic carbocycles. The van der Waals surface area contributed by atoms with Crippen LogP contribution >= 0.6 is 0 Å². The molecule has 0 aliphatic rings. The Labute approximate surface area is 186 Å². The zero-order valence-electron chi connectivity index (χ0n) is 19.0. The molecular weight excluding hydrogens is 384 g/mol. The number of primary amides is 1. The van der Waals surface area contributed by atoms with Crippen molar-refractivity contribution in [1.29, 1.82) is 0 Å². The minimum absolute atomic E-state index is 0.367. The van der Waals surface area contributed by atoms with Crippen molar-refractivity contribution in [1.82, 2.24) is 4.57 Å². The van der Waals surface area contributed by atoms with Gasteiger partial charge in [-0.25, -0.2) is 0 Å². The fraction of sp³-hybridized carbons (Fsp3) is 0.370. The number of aromatic nitrogens is 1. The molecule has 0 unspecified atom stereocenters. The Kier molecular flexibility index (Phi) is 7.94. The number of carbonyl (C=O) groups is 1. The van der Waals surface area contributed by atoms with E-state index in [1.165, 1.54) is 12.1 Å². The van der Waals surface area contributed by atoms with Gasteiger partial charge in [0.2, 0.25) is 0 Å². The Bertz CT molecular complexity index is 1010. The Morgan fingerprint density at radius 2 is 1.65 bits per heavy atom. The number of nitrogens with two attached hydrogens (primary N) is 1. The summed E-state index contributed by atoms with van der Waals surface area (Å²) in [5.41, 5.74) is 10.7. The van der Waals surface area contributed by atoms with Gasteiger partial charge in [-0.15, -0.1) is 0 Å². The first-order valence-corrected chi connectivity index (χ1v) is 11.4. The predicted octanol–water partition coefficient (Wildman–Crippen LogP) is 6.89. The van der Waals surface area contributed by atoms with E-state index < -0.39 is 0 Å². The molecule has 0 saturated carbocycles. The van der Waals surface area contributed by atoms with E-state index in [4.69, 9.17) is 10.5 Å². The van der Waals surface area contributed by atoms with Crippen molar-refractivity contribution in [3.63, 3.8) is 0 Å². The van der Waals surface area contributed by atoms with Crippen molar-refractivity contribution in [2.24, 2.45) is 5.73 Å². The first-order valence-electron chi connectivity index (χ1n) is 11.4. The van der Waals surface area contributed by atoms with Crippen LogP contribution < -0.4 is 10.5 Å². The number of hydrogen-bond acceptors (Lipinski definition) is 2. The van der Waals surface area contributed by atoms with E-state index in [0.717, 1.165) is 67.0 Å². The van der Waals surface area contributed by atoms with E-state index in [2.05, 4.69) is 18.4 Å². The zero-order valence-corrected chi connectivity index (χ0v) is 19.0. The fourth-order valence-corrected chi connectivity index (χ4v) is 4.17. The zero-order chi connectivity index (χ0) is 22.2. The monoisotopic (exact) mass is 418 g/mol. The minimum atomic E-state index is -0.367. The third kappa shape index (κ3) is 5.38. The van der Waals surface area contributed by atoms with Crippen molar-refractivity contribution in [2.75, 3.05) is 0 Å². The minimum Gasteiger partial charge on any atom is -0.457 e. The molecule has 0 spiro atoms. The van der Waals surface area contributed by atoms with Gasteiger partial charge in [0, 0.05) is 23.5 Å². The first kappa shape index (κ1) is 22.7. The maximum Gasteiger partial charge on any atom is 0.251 e. The van der Waals surface area contributed by atoms with Crippen LogP contribution in [0.1, 0.15) is 67.7 Å². The van der Waals surface area contributed by atoms with Crippen molar-refractivity contribution in [3.05, 3.63) is 71.5 Å². The average molecular weight is 419 g/mol. The van der Waals surface area contributed by atoms with Crippen LogP contribution in [0.25, 0.3) is 11.1 Å². The van der Waals surface area contributed by atoms with E-state index in [1.54, 1.807) is 0 Å². The van der Waals surface area contributed by atoms with Crippen LogP contribution in [0, 0.1) is 6.92 Å². The lowest BCUT2D eigenvalue weighted by Gasteiger charge is -2.14. The van der Waals surface area contributed by atoms with Crippen LogP contribution in [0.15, 0.2) is 54.6 Å². The number of carbonyl (C=O) groups excluding carboxylic acids is 1. The summed E-state index contributed by atoms with van der Waals surface area (Å²) in [6, 6.07) is 17.7.